The maximum absolute atomic E-state index is 6.27. The molecule has 3 aromatic rings. The lowest BCUT2D eigenvalue weighted by Crippen LogP contribution is -2.46. The number of nitrogens with one attached hydrogen (secondary N) is 1. The first-order chi connectivity index (χ1) is 14.5. The number of imidazole rings is 1. The molecule has 0 radical (unpaired) electrons. The van der Waals surface area contributed by atoms with Gasteiger partial charge in [-0.2, -0.15) is 0 Å². The summed E-state index contributed by atoms with van der Waals surface area (Å²) in [6, 6.07) is 12.6. The summed E-state index contributed by atoms with van der Waals surface area (Å²) >= 11 is 0. The zero-order chi connectivity index (χ0) is 21.1. The highest BCUT2D eigenvalue weighted by molar-refractivity contribution is 5.86. The fraction of sp³-hybridized carbons (Fsp3) is 0.478. The fourth-order valence-corrected chi connectivity index (χ4v) is 4.03. The summed E-state index contributed by atoms with van der Waals surface area (Å²) in [5.74, 6) is 1.40. The van der Waals surface area contributed by atoms with Gasteiger partial charge in [-0.25, -0.2) is 4.98 Å². The molecule has 1 aromatic carbocycles. The first-order valence-electron chi connectivity index (χ1n) is 10.9. The molecule has 216 valence electrons. The molecule has 0 saturated carbocycles. The van der Waals surface area contributed by atoms with E-state index in [1.54, 1.807) is 6.20 Å². The van der Waals surface area contributed by atoms with Crippen LogP contribution >= 0.6 is 49.6 Å². The van der Waals surface area contributed by atoms with E-state index in [4.69, 9.17) is 16.5 Å². The van der Waals surface area contributed by atoms with Crippen LogP contribution in [0.15, 0.2) is 42.6 Å². The van der Waals surface area contributed by atoms with Gasteiger partial charge in [0.15, 0.2) is 0 Å². The van der Waals surface area contributed by atoms with Crippen molar-refractivity contribution in [2.75, 3.05) is 30.7 Å². The summed E-state index contributed by atoms with van der Waals surface area (Å²) in [4.78, 5) is 11.8. The molecule has 1 atom stereocenters. The molecule has 0 aliphatic carbocycles. The maximum Gasteiger partial charge on any atom is 0.204 e. The van der Waals surface area contributed by atoms with Crippen molar-refractivity contribution in [3.63, 3.8) is 0 Å². The highest BCUT2D eigenvalue weighted by atomic mass is 35.5. The van der Waals surface area contributed by atoms with Crippen LogP contribution in [0.1, 0.15) is 32.4 Å². The zero-order valence-electron chi connectivity index (χ0n) is 21.1. The minimum atomic E-state index is 0. The molecule has 0 bridgehead atoms. The Morgan fingerprint density at radius 3 is 2.19 bits per heavy atom. The highest BCUT2D eigenvalue weighted by Crippen LogP contribution is 2.24. The molecule has 1 fully saturated rings. The molecule has 4 rings (SSSR count). The van der Waals surface area contributed by atoms with Crippen molar-refractivity contribution in [2.24, 2.45) is 11.7 Å². The van der Waals surface area contributed by atoms with E-state index in [1.165, 1.54) is 0 Å². The largest absolute Gasteiger partial charge is 0.412 e. The average molecular weight is 607 g/mol. The topological polar surface area (TPSA) is 193 Å². The molecule has 1 aliphatic heterocycles. The number of rotatable bonds is 7. The van der Waals surface area contributed by atoms with Crippen LogP contribution in [-0.2, 0) is 6.54 Å². The van der Waals surface area contributed by atoms with E-state index in [0.717, 1.165) is 55.2 Å². The van der Waals surface area contributed by atoms with Gasteiger partial charge in [0.1, 0.15) is 0 Å². The summed E-state index contributed by atoms with van der Waals surface area (Å²) in [5.41, 5.74) is 16.1. The normalized spacial score (nSPS) is 13.7. The number of anilines is 2. The van der Waals surface area contributed by atoms with Gasteiger partial charge in [-0.3, -0.25) is 4.98 Å². The minimum absolute atomic E-state index is 0. The summed E-state index contributed by atoms with van der Waals surface area (Å²) in [7, 11) is 0. The Hall–Kier alpha value is -1.60. The molecule has 14 heteroatoms. The summed E-state index contributed by atoms with van der Waals surface area (Å²) in [6.07, 6.45) is 3.95. The number of aromatic nitrogens is 3. The molecule has 2 aromatic heterocycles. The summed E-state index contributed by atoms with van der Waals surface area (Å²) in [6.45, 7) is 8.08. The molecule has 0 spiro atoms. The van der Waals surface area contributed by atoms with E-state index in [0.29, 0.717) is 24.2 Å². The van der Waals surface area contributed by atoms with E-state index in [1.807, 2.05) is 24.3 Å². The lowest BCUT2D eigenvalue weighted by Gasteiger charge is -2.34. The van der Waals surface area contributed by atoms with Gasteiger partial charge in [-0.05, 0) is 43.0 Å². The number of fused-ring (bicyclic) bond motifs is 1. The quantitative estimate of drug-likeness (QED) is 0.368. The number of pyridine rings is 1. The lowest BCUT2D eigenvalue weighted by atomic mass is 10.0. The molecular weight excluding hydrogens is 564 g/mol. The van der Waals surface area contributed by atoms with Gasteiger partial charge in [0.25, 0.3) is 0 Å². The first-order valence-corrected chi connectivity index (χ1v) is 10.9. The third kappa shape index (κ3) is 10.6. The third-order valence-corrected chi connectivity index (χ3v) is 6.13. The first kappa shape index (κ1) is 42.5. The van der Waals surface area contributed by atoms with E-state index in [2.05, 4.69) is 45.7 Å². The van der Waals surface area contributed by atoms with E-state index in [-0.39, 0.29) is 72.1 Å². The van der Waals surface area contributed by atoms with Crippen molar-refractivity contribution in [2.45, 2.75) is 45.3 Å². The second-order valence-corrected chi connectivity index (χ2v) is 8.68. The number of benzene rings is 1. The standard InChI is InChI=1S/C23H33N7.4ClH.3H2O/c1-16(2)19(25)14-29-12-9-17(10-13-29)27-23-28-20-7-3-4-8-22(20)30(23)15-21-18(24)6-5-11-26-21;;;;;;;/h3-8,11,16-17,19H,9-10,12-15,24-25H2,1-2H3,(H,27,28);4*1H;3*1H2. The number of hydrogen-bond donors (Lipinski definition) is 3. The molecular formula is C23H43Cl4N7O3. The fourth-order valence-electron chi connectivity index (χ4n) is 4.03. The van der Waals surface area contributed by atoms with Gasteiger partial charge in [0.2, 0.25) is 5.95 Å². The average Bonchev–Trinajstić information content (AvgIpc) is 3.08. The SMILES string of the molecule is CC(C)C(N)CN1CCC(Nc2nc3ccccc3n2Cc2ncccc2N)CC1.Cl.Cl.Cl.Cl.O.O.O. The van der Waals surface area contributed by atoms with Gasteiger partial charge in [0.05, 0.1) is 29.0 Å². The molecule has 0 amide bonds. The Morgan fingerprint density at radius 2 is 1.59 bits per heavy atom. The number of likely N-dealkylation sites (tertiary alicyclic amines) is 1. The highest BCUT2D eigenvalue weighted by Gasteiger charge is 2.23. The van der Waals surface area contributed by atoms with Crippen LogP contribution in [0.25, 0.3) is 11.0 Å². The Bertz CT molecular complexity index is 1010. The second-order valence-electron chi connectivity index (χ2n) is 8.68. The van der Waals surface area contributed by atoms with Gasteiger partial charge in [0, 0.05) is 37.9 Å². The molecule has 1 aliphatic rings. The van der Waals surface area contributed by atoms with Gasteiger partial charge in [-0.1, -0.05) is 26.0 Å². The van der Waals surface area contributed by atoms with Crippen LogP contribution in [0.3, 0.4) is 0 Å². The Balaban J connectivity index is -0.000000778. The van der Waals surface area contributed by atoms with Crippen LogP contribution in [0, 0.1) is 5.92 Å². The van der Waals surface area contributed by atoms with E-state index < -0.39 is 0 Å². The smallest absolute Gasteiger partial charge is 0.204 e. The predicted molar refractivity (Wildman–Crippen MR) is 163 cm³/mol. The number of nitrogens with zero attached hydrogens (tertiary/aromatic N) is 4. The van der Waals surface area contributed by atoms with Gasteiger partial charge in [-0.15, -0.1) is 49.6 Å². The number of para-hydroxylation sites is 2. The molecule has 10 nitrogen and oxygen atoms in total. The Kier molecular flexibility index (Phi) is 22.4. The summed E-state index contributed by atoms with van der Waals surface area (Å²) in [5, 5.41) is 3.70. The number of piperidine rings is 1. The number of nitrogen functional groups attached to an aromatic ring is 1. The van der Waals surface area contributed by atoms with Crippen LogP contribution in [-0.4, -0.2) is 67.6 Å². The third-order valence-electron chi connectivity index (χ3n) is 6.13. The Morgan fingerprint density at radius 1 is 0.973 bits per heavy atom. The number of nitrogens with two attached hydrogens (primary N) is 2. The second kappa shape index (κ2) is 19.5. The van der Waals surface area contributed by atoms with Crippen molar-refractivity contribution >= 4 is 72.3 Å². The van der Waals surface area contributed by atoms with Gasteiger partial charge >= 0.3 is 0 Å². The molecule has 37 heavy (non-hydrogen) atoms. The van der Waals surface area contributed by atoms with Crippen LogP contribution in [0.2, 0.25) is 0 Å². The summed E-state index contributed by atoms with van der Waals surface area (Å²) < 4.78 is 2.19. The van der Waals surface area contributed by atoms with Gasteiger partial charge < -0.3 is 42.7 Å². The van der Waals surface area contributed by atoms with Crippen molar-refractivity contribution in [1.82, 2.24) is 19.4 Å². The zero-order valence-corrected chi connectivity index (χ0v) is 24.4. The lowest BCUT2D eigenvalue weighted by molar-refractivity contribution is 0.194. The predicted octanol–water partition coefficient (Wildman–Crippen LogP) is 2.13. The van der Waals surface area contributed by atoms with Crippen LogP contribution in [0.5, 0.6) is 0 Å². The number of hydrogen-bond acceptors (Lipinski definition) is 6. The van der Waals surface area contributed by atoms with Crippen molar-refractivity contribution in [3.05, 3.63) is 48.3 Å². The van der Waals surface area contributed by atoms with Crippen molar-refractivity contribution in [3.8, 4) is 0 Å². The van der Waals surface area contributed by atoms with Crippen LogP contribution < -0.4 is 16.8 Å². The Labute approximate surface area is 243 Å². The maximum atomic E-state index is 6.27. The number of halogens is 4. The molecule has 1 saturated heterocycles. The van der Waals surface area contributed by atoms with Crippen LogP contribution in [0.4, 0.5) is 11.6 Å². The molecule has 1 unspecified atom stereocenters. The molecule has 11 N–H and O–H groups in total. The van der Waals surface area contributed by atoms with Crippen molar-refractivity contribution < 1.29 is 16.4 Å². The van der Waals surface area contributed by atoms with E-state index >= 15 is 0 Å². The minimum Gasteiger partial charge on any atom is -0.412 e. The van der Waals surface area contributed by atoms with E-state index in [9.17, 15) is 0 Å². The molecule has 3 heterocycles. The monoisotopic (exact) mass is 605 g/mol. The van der Waals surface area contributed by atoms with Crippen molar-refractivity contribution in [1.29, 1.82) is 0 Å².